The van der Waals surface area contributed by atoms with Crippen LogP contribution < -0.4 is 10.1 Å². The molecule has 30 heavy (non-hydrogen) atoms. The highest BCUT2D eigenvalue weighted by Gasteiger charge is 2.52. The van der Waals surface area contributed by atoms with Gasteiger partial charge in [-0.1, -0.05) is 49.2 Å². The normalized spacial score (nSPS) is 24.7. The molecule has 4 rings (SSSR count). The summed E-state index contributed by atoms with van der Waals surface area (Å²) in [7, 11) is -3.79. The Morgan fingerprint density at radius 3 is 2.67 bits per heavy atom. The Morgan fingerprint density at radius 1 is 1.20 bits per heavy atom. The first-order valence-corrected chi connectivity index (χ1v) is 11.5. The van der Waals surface area contributed by atoms with Crippen molar-refractivity contribution in [3.63, 3.8) is 0 Å². The van der Waals surface area contributed by atoms with Crippen molar-refractivity contribution < 1.29 is 17.9 Å². The van der Waals surface area contributed by atoms with Gasteiger partial charge in [-0.05, 0) is 31.5 Å². The molecule has 2 aromatic carbocycles. The Hall–Kier alpha value is -2.71. The number of anilines is 1. The number of para-hydroxylation sites is 1. The second kappa shape index (κ2) is 7.85. The molecule has 7 nitrogen and oxygen atoms in total. The van der Waals surface area contributed by atoms with E-state index in [0.717, 1.165) is 29.7 Å². The van der Waals surface area contributed by atoms with Crippen molar-refractivity contribution in [2.45, 2.75) is 56.1 Å². The van der Waals surface area contributed by atoms with Gasteiger partial charge in [-0.15, -0.1) is 0 Å². The van der Waals surface area contributed by atoms with Crippen LogP contribution in [0.15, 0.2) is 58.5 Å². The lowest BCUT2D eigenvalue weighted by atomic mass is 9.84. The average molecular weight is 428 g/mol. The molecule has 2 aliphatic heterocycles. The maximum atomic E-state index is 12.9. The number of hydrogen-bond donors (Lipinski definition) is 2. The molecule has 0 bridgehead atoms. The van der Waals surface area contributed by atoms with Crippen molar-refractivity contribution in [3.8, 4) is 0 Å². The fourth-order valence-corrected chi connectivity index (χ4v) is 4.88. The van der Waals surface area contributed by atoms with E-state index in [-0.39, 0.29) is 23.3 Å². The van der Waals surface area contributed by atoms with Crippen molar-refractivity contribution in [1.29, 1.82) is 0 Å². The summed E-state index contributed by atoms with van der Waals surface area (Å²) >= 11 is 0. The number of sulfonamides is 1. The van der Waals surface area contributed by atoms with Crippen LogP contribution in [0.2, 0.25) is 0 Å². The van der Waals surface area contributed by atoms with Gasteiger partial charge in [0.1, 0.15) is 0 Å². The number of carbonyl (C=O) groups excluding carboxylic acids is 1. The maximum absolute atomic E-state index is 12.9. The van der Waals surface area contributed by atoms with Crippen LogP contribution >= 0.6 is 0 Å². The summed E-state index contributed by atoms with van der Waals surface area (Å²) in [5, 5.41) is 7.12. The molecule has 2 atom stereocenters. The molecule has 1 spiro atoms. The van der Waals surface area contributed by atoms with E-state index in [9.17, 15) is 13.2 Å². The number of amides is 1. The first-order valence-electron chi connectivity index (χ1n) is 10.1. The summed E-state index contributed by atoms with van der Waals surface area (Å²) in [5.41, 5.74) is 1.88. The third kappa shape index (κ3) is 3.73. The lowest BCUT2D eigenvalue weighted by Gasteiger charge is -2.37. The minimum Gasteiger partial charge on any atom is -0.356 e. The molecule has 1 amide bonds. The summed E-state index contributed by atoms with van der Waals surface area (Å²) in [6.45, 7) is 3.94. The second-order valence-corrected chi connectivity index (χ2v) is 9.48. The van der Waals surface area contributed by atoms with Gasteiger partial charge in [-0.3, -0.25) is 4.79 Å². The zero-order chi connectivity index (χ0) is 21.4. The van der Waals surface area contributed by atoms with Crippen LogP contribution in [0, 0.1) is 6.92 Å². The van der Waals surface area contributed by atoms with E-state index in [4.69, 9.17) is 4.74 Å². The molecule has 0 saturated carbocycles. The van der Waals surface area contributed by atoms with Crippen molar-refractivity contribution >= 4 is 27.3 Å². The van der Waals surface area contributed by atoms with E-state index >= 15 is 0 Å². The van der Waals surface area contributed by atoms with Crippen LogP contribution in [-0.2, 0) is 25.2 Å². The van der Waals surface area contributed by atoms with Gasteiger partial charge in [0.15, 0.2) is 5.60 Å². The van der Waals surface area contributed by atoms with Crippen LogP contribution in [0.3, 0.4) is 0 Å². The van der Waals surface area contributed by atoms with Crippen LogP contribution in [0.5, 0.6) is 0 Å². The Labute approximate surface area is 176 Å². The highest BCUT2D eigenvalue weighted by atomic mass is 32.2. The first kappa shape index (κ1) is 20.6. The largest absolute Gasteiger partial charge is 0.356 e. The monoisotopic (exact) mass is 427 g/mol. The SMILES string of the molecule is CCC[C@@H]1CC(=NNS(=O)(=O)c2ccc(C)cc2)CC2(O1)C(=O)Nc1ccccc12. The summed E-state index contributed by atoms with van der Waals surface area (Å²) < 4.78 is 31.6. The van der Waals surface area contributed by atoms with E-state index in [1.54, 1.807) is 24.3 Å². The number of nitrogens with zero attached hydrogens (tertiary/aromatic N) is 1. The third-order valence-corrected chi connectivity index (χ3v) is 6.75. The van der Waals surface area contributed by atoms with Crippen LogP contribution in [-0.4, -0.2) is 26.1 Å². The summed E-state index contributed by atoms with van der Waals surface area (Å²) in [5.74, 6) is -0.237. The van der Waals surface area contributed by atoms with E-state index < -0.39 is 15.6 Å². The summed E-state index contributed by atoms with van der Waals surface area (Å²) in [6, 6.07) is 14.0. The van der Waals surface area contributed by atoms with Gasteiger partial charge in [-0.25, -0.2) is 4.83 Å². The molecule has 1 unspecified atom stereocenters. The number of hydrogen-bond acceptors (Lipinski definition) is 5. The number of carbonyl (C=O) groups is 1. The molecule has 2 N–H and O–H groups in total. The van der Waals surface area contributed by atoms with Gasteiger partial charge in [0.25, 0.3) is 15.9 Å². The molecular formula is C22H25N3O4S. The molecule has 0 aliphatic carbocycles. The fourth-order valence-electron chi connectivity index (χ4n) is 4.04. The predicted molar refractivity (Wildman–Crippen MR) is 115 cm³/mol. The van der Waals surface area contributed by atoms with E-state index in [1.807, 2.05) is 38.1 Å². The standard InChI is InChI=1S/C22H25N3O4S/c1-3-6-17-13-16(24-25-30(27,28)18-11-9-15(2)10-12-18)14-22(29-17)19-7-4-5-8-20(19)23-21(22)26/h4-5,7-12,17,25H,3,6,13-14H2,1-2H3,(H,23,26)/t17-,22?/m1/s1. The molecule has 1 fully saturated rings. The molecule has 0 aromatic heterocycles. The van der Waals surface area contributed by atoms with Crippen molar-refractivity contribution in [2.24, 2.45) is 5.10 Å². The zero-order valence-electron chi connectivity index (χ0n) is 17.0. The minimum atomic E-state index is -3.79. The third-order valence-electron chi connectivity index (χ3n) is 5.53. The molecule has 158 valence electrons. The van der Waals surface area contributed by atoms with Gasteiger partial charge >= 0.3 is 0 Å². The Balaban J connectivity index is 1.65. The van der Waals surface area contributed by atoms with Gasteiger partial charge in [0, 0.05) is 29.8 Å². The smallest absolute Gasteiger partial charge is 0.276 e. The Kier molecular flexibility index (Phi) is 5.38. The van der Waals surface area contributed by atoms with Gasteiger partial charge in [-0.2, -0.15) is 13.5 Å². The second-order valence-electron chi connectivity index (χ2n) is 7.82. The van der Waals surface area contributed by atoms with Crippen molar-refractivity contribution in [1.82, 2.24) is 4.83 Å². The van der Waals surface area contributed by atoms with Gasteiger partial charge in [0.2, 0.25) is 0 Å². The van der Waals surface area contributed by atoms with Crippen LogP contribution in [0.1, 0.15) is 43.7 Å². The minimum absolute atomic E-state index is 0.147. The molecule has 2 aliphatic rings. The number of aryl methyl sites for hydroxylation is 1. The number of nitrogens with one attached hydrogen (secondary N) is 2. The first-order chi connectivity index (χ1) is 14.3. The topological polar surface area (TPSA) is 96.9 Å². The maximum Gasteiger partial charge on any atom is 0.276 e. The lowest BCUT2D eigenvalue weighted by Crippen LogP contribution is -2.47. The number of hydrazone groups is 1. The highest BCUT2D eigenvalue weighted by Crippen LogP contribution is 2.45. The number of ether oxygens (including phenoxy) is 1. The number of benzene rings is 2. The summed E-state index contributed by atoms with van der Waals surface area (Å²) in [4.78, 5) is 15.4. The quantitative estimate of drug-likeness (QED) is 0.714. The fraction of sp³-hybridized carbons (Fsp3) is 0.364. The zero-order valence-corrected chi connectivity index (χ0v) is 17.8. The van der Waals surface area contributed by atoms with E-state index in [2.05, 4.69) is 15.2 Å². The highest BCUT2D eigenvalue weighted by molar-refractivity contribution is 7.89. The average Bonchev–Trinajstić information content (AvgIpc) is 2.98. The molecule has 1 saturated heterocycles. The number of rotatable bonds is 5. The van der Waals surface area contributed by atoms with Crippen molar-refractivity contribution in [3.05, 3.63) is 59.7 Å². The van der Waals surface area contributed by atoms with E-state index in [1.165, 1.54) is 0 Å². The Bertz CT molecular complexity index is 1100. The molecule has 2 aromatic rings. The number of fused-ring (bicyclic) bond motifs is 2. The van der Waals surface area contributed by atoms with Gasteiger partial charge in [0.05, 0.1) is 11.0 Å². The van der Waals surface area contributed by atoms with E-state index in [0.29, 0.717) is 12.1 Å². The molecular weight excluding hydrogens is 402 g/mol. The van der Waals surface area contributed by atoms with Crippen LogP contribution in [0.25, 0.3) is 0 Å². The molecule has 8 heteroatoms. The summed E-state index contributed by atoms with van der Waals surface area (Å²) in [6.07, 6.45) is 2.09. The Morgan fingerprint density at radius 2 is 1.93 bits per heavy atom. The van der Waals surface area contributed by atoms with Crippen molar-refractivity contribution in [2.75, 3.05) is 5.32 Å². The predicted octanol–water partition coefficient (Wildman–Crippen LogP) is 3.46. The van der Waals surface area contributed by atoms with Crippen LogP contribution in [0.4, 0.5) is 5.69 Å². The molecule has 2 heterocycles. The lowest BCUT2D eigenvalue weighted by molar-refractivity contribution is -0.153. The van der Waals surface area contributed by atoms with Gasteiger partial charge < -0.3 is 10.1 Å². The molecule has 0 radical (unpaired) electrons.